The summed E-state index contributed by atoms with van der Waals surface area (Å²) in [5.41, 5.74) is 6.45. The van der Waals surface area contributed by atoms with E-state index in [1.807, 2.05) is 20.8 Å². The number of aromatic nitrogens is 1. The van der Waals surface area contributed by atoms with Crippen molar-refractivity contribution in [2.24, 2.45) is 0 Å². The van der Waals surface area contributed by atoms with Crippen LogP contribution in [0.4, 0.5) is 5.13 Å². The van der Waals surface area contributed by atoms with Gasteiger partial charge in [0.05, 0.1) is 15.8 Å². The van der Waals surface area contributed by atoms with E-state index < -0.39 is 5.60 Å². The Balaban J connectivity index is 2.33. The molecule has 1 heterocycles. The molecule has 2 aromatic rings. The lowest BCUT2D eigenvalue weighted by molar-refractivity contribution is 0.00698. The lowest BCUT2D eigenvalue weighted by atomic mass is 10.1. The molecule has 2 N–H and O–H groups in total. The minimum Gasteiger partial charge on any atom is -0.456 e. The highest BCUT2D eigenvalue weighted by Gasteiger charge is 2.18. The van der Waals surface area contributed by atoms with Crippen molar-refractivity contribution in [1.29, 1.82) is 0 Å². The zero-order valence-electron chi connectivity index (χ0n) is 9.98. The molecule has 0 fully saturated rings. The number of carbonyl (C=O) groups is 1. The number of rotatable bonds is 1. The molecule has 0 radical (unpaired) electrons. The van der Waals surface area contributed by atoms with Gasteiger partial charge in [0, 0.05) is 0 Å². The average Bonchev–Trinajstić information content (AvgIpc) is 2.53. The number of thiazole rings is 1. The maximum atomic E-state index is 11.8. The number of ether oxygens (including phenoxy) is 1. The van der Waals surface area contributed by atoms with E-state index in [0.717, 1.165) is 10.2 Å². The van der Waals surface area contributed by atoms with Gasteiger partial charge in [0.25, 0.3) is 0 Å². The largest absolute Gasteiger partial charge is 0.456 e. The normalized spacial score (nSPS) is 11.7. The van der Waals surface area contributed by atoms with Gasteiger partial charge in [-0.25, -0.2) is 9.78 Å². The van der Waals surface area contributed by atoms with E-state index >= 15 is 0 Å². The van der Waals surface area contributed by atoms with Crippen molar-refractivity contribution in [2.75, 3.05) is 5.73 Å². The second-order valence-electron chi connectivity index (χ2n) is 4.74. The summed E-state index contributed by atoms with van der Waals surface area (Å²) in [6.45, 7) is 5.52. The van der Waals surface area contributed by atoms with Gasteiger partial charge in [0.15, 0.2) is 5.13 Å². The predicted molar refractivity (Wildman–Crippen MR) is 69.2 cm³/mol. The van der Waals surface area contributed by atoms with Crippen molar-refractivity contribution in [2.45, 2.75) is 26.4 Å². The molecule has 0 aliphatic carbocycles. The van der Waals surface area contributed by atoms with Crippen molar-refractivity contribution in [3.8, 4) is 0 Å². The number of nitrogens with two attached hydrogens (primary N) is 1. The number of carbonyl (C=O) groups excluding carboxylic acids is 1. The van der Waals surface area contributed by atoms with Crippen LogP contribution in [-0.2, 0) is 4.74 Å². The van der Waals surface area contributed by atoms with E-state index in [1.165, 1.54) is 11.3 Å². The number of anilines is 1. The van der Waals surface area contributed by atoms with Gasteiger partial charge in [-0.1, -0.05) is 11.3 Å². The molecule has 1 aromatic heterocycles. The molecule has 2 rings (SSSR count). The van der Waals surface area contributed by atoms with Crippen molar-refractivity contribution >= 4 is 32.7 Å². The first-order valence-electron chi connectivity index (χ1n) is 5.24. The average molecular weight is 250 g/mol. The third-order valence-corrected chi connectivity index (χ3v) is 2.89. The number of benzene rings is 1. The number of hydrogen-bond acceptors (Lipinski definition) is 5. The fraction of sp³-hybridized carbons (Fsp3) is 0.333. The lowest BCUT2D eigenvalue weighted by Gasteiger charge is -2.19. The monoisotopic (exact) mass is 250 g/mol. The molecule has 0 saturated heterocycles. The fourth-order valence-electron chi connectivity index (χ4n) is 1.41. The minimum absolute atomic E-state index is 0.327. The van der Waals surface area contributed by atoms with Crippen molar-refractivity contribution in [3.05, 3.63) is 23.8 Å². The summed E-state index contributed by atoms with van der Waals surface area (Å²) in [6.07, 6.45) is 0. The van der Waals surface area contributed by atoms with Crippen LogP contribution in [0.1, 0.15) is 31.1 Å². The Morgan fingerprint density at radius 3 is 2.76 bits per heavy atom. The Bertz CT molecular complexity index is 569. The quantitative estimate of drug-likeness (QED) is 0.790. The van der Waals surface area contributed by atoms with Crippen LogP contribution >= 0.6 is 11.3 Å². The van der Waals surface area contributed by atoms with Gasteiger partial charge in [0.1, 0.15) is 5.60 Å². The third-order valence-electron chi connectivity index (χ3n) is 2.04. The van der Waals surface area contributed by atoms with Crippen molar-refractivity contribution in [3.63, 3.8) is 0 Å². The number of fused-ring (bicyclic) bond motifs is 1. The number of nitrogen functional groups attached to an aromatic ring is 1. The third kappa shape index (κ3) is 2.74. The Kier molecular flexibility index (Phi) is 2.79. The summed E-state index contributed by atoms with van der Waals surface area (Å²) in [5, 5.41) is 0.501. The molecule has 90 valence electrons. The van der Waals surface area contributed by atoms with Gasteiger partial charge in [0.2, 0.25) is 0 Å². The van der Waals surface area contributed by atoms with Crippen LogP contribution < -0.4 is 5.73 Å². The summed E-state index contributed by atoms with van der Waals surface area (Å²) in [5.74, 6) is -0.327. The molecule has 17 heavy (non-hydrogen) atoms. The molecule has 0 aliphatic heterocycles. The van der Waals surface area contributed by atoms with Gasteiger partial charge >= 0.3 is 5.97 Å². The topological polar surface area (TPSA) is 65.2 Å². The first kappa shape index (κ1) is 11.9. The van der Waals surface area contributed by atoms with E-state index in [9.17, 15) is 4.79 Å². The Morgan fingerprint density at radius 1 is 1.41 bits per heavy atom. The molecular weight excluding hydrogens is 236 g/mol. The summed E-state index contributed by atoms with van der Waals surface area (Å²) >= 11 is 1.36. The predicted octanol–water partition coefficient (Wildman–Crippen LogP) is 2.83. The van der Waals surface area contributed by atoms with Crippen LogP contribution in [0.2, 0.25) is 0 Å². The molecule has 5 heteroatoms. The van der Waals surface area contributed by atoms with E-state index in [2.05, 4.69) is 4.98 Å². The van der Waals surface area contributed by atoms with E-state index in [1.54, 1.807) is 18.2 Å². The molecule has 0 amide bonds. The summed E-state index contributed by atoms with van der Waals surface area (Å²) < 4.78 is 6.19. The maximum Gasteiger partial charge on any atom is 0.338 e. The van der Waals surface area contributed by atoms with Gasteiger partial charge in [-0.2, -0.15) is 0 Å². The highest BCUT2D eigenvalue weighted by atomic mass is 32.1. The van der Waals surface area contributed by atoms with Gasteiger partial charge in [-0.05, 0) is 39.0 Å². The van der Waals surface area contributed by atoms with E-state index in [0.29, 0.717) is 10.7 Å². The standard InChI is InChI=1S/C12H14N2O2S/c1-12(2,3)16-10(15)7-4-5-8-9(6-7)17-11(13)14-8/h4-6H,1-3H3,(H2,13,14). The molecule has 0 atom stereocenters. The van der Waals surface area contributed by atoms with Gasteiger partial charge in [-0.15, -0.1) is 0 Å². The molecule has 0 aliphatic rings. The summed E-state index contributed by atoms with van der Waals surface area (Å²) in [7, 11) is 0. The molecule has 0 unspecified atom stereocenters. The van der Waals surface area contributed by atoms with E-state index in [4.69, 9.17) is 10.5 Å². The van der Waals surface area contributed by atoms with Crippen LogP contribution in [-0.4, -0.2) is 16.6 Å². The molecule has 1 aromatic carbocycles. The van der Waals surface area contributed by atoms with Crippen LogP contribution in [0.15, 0.2) is 18.2 Å². The Hall–Kier alpha value is -1.62. The second-order valence-corrected chi connectivity index (χ2v) is 5.80. The zero-order chi connectivity index (χ0) is 12.6. The first-order valence-corrected chi connectivity index (χ1v) is 6.06. The van der Waals surface area contributed by atoms with Crippen molar-refractivity contribution in [1.82, 2.24) is 4.98 Å². The van der Waals surface area contributed by atoms with Crippen molar-refractivity contribution < 1.29 is 9.53 Å². The molecule has 4 nitrogen and oxygen atoms in total. The molecular formula is C12H14N2O2S. The highest BCUT2D eigenvalue weighted by molar-refractivity contribution is 7.22. The Labute approximate surface area is 103 Å². The number of esters is 1. The van der Waals surface area contributed by atoms with E-state index in [-0.39, 0.29) is 5.97 Å². The summed E-state index contributed by atoms with van der Waals surface area (Å²) in [6, 6.07) is 5.24. The van der Waals surface area contributed by atoms with Gasteiger partial charge < -0.3 is 10.5 Å². The molecule has 0 saturated carbocycles. The lowest BCUT2D eigenvalue weighted by Crippen LogP contribution is -2.23. The Morgan fingerprint density at radius 2 is 2.12 bits per heavy atom. The highest BCUT2D eigenvalue weighted by Crippen LogP contribution is 2.25. The van der Waals surface area contributed by atoms with Crippen LogP contribution in [0, 0.1) is 0 Å². The number of nitrogens with zero attached hydrogens (tertiary/aromatic N) is 1. The first-order chi connectivity index (χ1) is 7.85. The smallest absolute Gasteiger partial charge is 0.338 e. The zero-order valence-corrected chi connectivity index (χ0v) is 10.8. The van der Waals surface area contributed by atoms with Crippen LogP contribution in [0.25, 0.3) is 10.2 Å². The van der Waals surface area contributed by atoms with Crippen LogP contribution in [0.3, 0.4) is 0 Å². The molecule has 0 spiro atoms. The van der Waals surface area contributed by atoms with Gasteiger partial charge in [-0.3, -0.25) is 0 Å². The number of hydrogen-bond donors (Lipinski definition) is 1. The SMILES string of the molecule is CC(C)(C)OC(=O)c1ccc2nc(N)sc2c1. The minimum atomic E-state index is -0.487. The fourth-order valence-corrected chi connectivity index (χ4v) is 2.18. The second kappa shape index (κ2) is 4.00. The summed E-state index contributed by atoms with van der Waals surface area (Å²) in [4.78, 5) is 16.0. The maximum absolute atomic E-state index is 11.8. The molecule has 0 bridgehead atoms. The van der Waals surface area contributed by atoms with Crippen LogP contribution in [0.5, 0.6) is 0 Å².